The second-order valence-electron chi connectivity index (χ2n) is 3.91. The van der Waals surface area contributed by atoms with Gasteiger partial charge in [0.2, 0.25) is 0 Å². The minimum Gasteiger partial charge on any atom is -0.361 e. The highest BCUT2D eigenvalue weighted by molar-refractivity contribution is 8.14. The van der Waals surface area contributed by atoms with Crippen molar-refractivity contribution in [3.05, 3.63) is 12.2 Å². The molecule has 0 aromatic carbocycles. The van der Waals surface area contributed by atoms with Gasteiger partial charge in [0.25, 0.3) is 5.72 Å². The van der Waals surface area contributed by atoms with Crippen molar-refractivity contribution in [2.24, 2.45) is 10.9 Å². The summed E-state index contributed by atoms with van der Waals surface area (Å²) in [5, 5.41) is 9.70. The van der Waals surface area contributed by atoms with E-state index in [4.69, 9.17) is 0 Å². The van der Waals surface area contributed by atoms with Crippen LogP contribution in [-0.2, 0) is 0 Å². The van der Waals surface area contributed by atoms with E-state index in [9.17, 15) is 18.3 Å². The van der Waals surface area contributed by atoms with Crippen LogP contribution in [0, 0.1) is 5.92 Å². The highest BCUT2D eigenvalue weighted by Crippen LogP contribution is 2.45. The molecule has 84 valence electrons. The van der Waals surface area contributed by atoms with Gasteiger partial charge in [-0.2, -0.15) is 13.2 Å². The lowest BCUT2D eigenvalue weighted by molar-refractivity contribution is -0.245. The summed E-state index contributed by atoms with van der Waals surface area (Å²) in [5.74, 6) is -0.381. The van der Waals surface area contributed by atoms with E-state index in [-0.39, 0.29) is 5.92 Å². The monoisotopic (exact) mass is 237 g/mol. The molecule has 0 radical (unpaired) electrons. The molecule has 1 atom stereocenters. The molecule has 6 heteroatoms. The average molecular weight is 237 g/mol. The summed E-state index contributed by atoms with van der Waals surface area (Å²) in [6, 6.07) is 0. The molecule has 1 N–H and O–H groups in total. The Bertz CT molecular complexity index is 331. The number of rotatable bonds is 1. The van der Waals surface area contributed by atoms with Crippen molar-refractivity contribution in [1.29, 1.82) is 0 Å². The number of aliphatic hydroxyl groups is 1. The van der Waals surface area contributed by atoms with Gasteiger partial charge < -0.3 is 5.11 Å². The molecular weight excluding hydrogens is 227 g/mol. The number of thioether (sulfide) groups is 1. The molecule has 2 aliphatic rings. The Balaban J connectivity index is 2.12. The van der Waals surface area contributed by atoms with Crippen molar-refractivity contribution in [1.82, 2.24) is 0 Å². The van der Waals surface area contributed by atoms with Crippen LogP contribution in [0.4, 0.5) is 13.2 Å². The first kappa shape index (κ1) is 11.0. The summed E-state index contributed by atoms with van der Waals surface area (Å²) < 4.78 is 37.2. The van der Waals surface area contributed by atoms with Crippen molar-refractivity contribution in [3.8, 4) is 0 Å². The first-order valence-corrected chi connectivity index (χ1v) is 5.49. The zero-order valence-electron chi connectivity index (χ0n) is 7.84. The van der Waals surface area contributed by atoms with Gasteiger partial charge in [0.15, 0.2) is 0 Å². The minimum absolute atomic E-state index is 0.0406. The molecular formula is C9H10F3NOS. The van der Waals surface area contributed by atoms with Crippen molar-refractivity contribution >= 4 is 16.8 Å². The molecule has 0 aromatic rings. The number of nitrogens with zero attached hydrogens (tertiary/aromatic N) is 1. The fraction of sp³-hybridized carbons (Fsp3) is 0.667. The fourth-order valence-electron chi connectivity index (χ4n) is 1.59. The molecule has 2 rings (SSSR count). The Morgan fingerprint density at radius 3 is 2.47 bits per heavy atom. The zero-order valence-corrected chi connectivity index (χ0v) is 8.66. The van der Waals surface area contributed by atoms with E-state index in [0.29, 0.717) is 17.9 Å². The van der Waals surface area contributed by atoms with Crippen LogP contribution >= 0.6 is 11.8 Å². The van der Waals surface area contributed by atoms with E-state index in [1.54, 1.807) is 0 Å². The third-order valence-corrected chi connectivity index (χ3v) is 3.86. The van der Waals surface area contributed by atoms with Crippen LogP contribution in [-0.4, -0.2) is 27.8 Å². The molecule has 2 nitrogen and oxygen atoms in total. The van der Waals surface area contributed by atoms with Crippen LogP contribution < -0.4 is 0 Å². The number of alkyl halides is 3. The molecule has 0 amide bonds. The minimum atomic E-state index is -4.68. The van der Waals surface area contributed by atoms with Gasteiger partial charge in [-0.05, 0) is 12.8 Å². The molecule has 1 aliphatic heterocycles. The van der Waals surface area contributed by atoms with E-state index >= 15 is 0 Å². The second kappa shape index (κ2) is 3.25. The SMILES string of the molecule is C=C1CC(C2=NC(O)(C(F)(F)F)CS2)C1. The van der Waals surface area contributed by atoms with Gasteiger partial charge in [-0.25, -0.2) is 4.99 Å². The Labute approximate surface area is 89.3 Å². The molecule has 0 bridgehead atoms. The van der Waals surface area contributed by atoms with Crippen LogP contribution in [0.3, 0.4) is 0 Å². The van der Waals surface area contributed by atoms with Gasteiger partial charge in [-0.3, -0.25) is 0 Å². The molecule has 1 fully saturated rings. The molecule has 0 spiro atoms. The summed E-state index contributed by atoms with van der Waals surface area (Å²) in [5.41, 5.74) is -1.84. The standard InChI is InChI=1S/C9H10F3NOS/c1-5-2-6(3-5)7-13-8(14,4-15-7)9(10,11)12/h6,14H,1-4H2. The van der Waals surface area contributed by atoms with Gasteiger partial charge in [0, 0.05) is 5.92 Å². The average Bonchev–Trinajstić information content (AvgIpc) is 2.42. The maximum Gasteiger partial charge on any atom is 0.439 e. The van der Waals surface area contributed by atoms with Gasteiger partial charge in [-0.1, -0.05) is 12.2 Å². The van der Waals surface area contributed by atoms with E-state index in [1.165, 1.54) is 0 Å². The molecule has 15 heavy (non-hydrogen) atoms. The van der Waals surface area contributed by atoms with Crippen LogP contribution in [0.15, 0.2) is 17.1 Å². The first-order valence-electron chi connectivity index (χ1n) is 4.50. The van der Waals surface area contributed by atoms with Crippen LogP contribution in [0.2, 0.25) is 0 Å². The van der Waals surface area contributed by atoms with Crippen molar-refractivity contribution in [2.75, 3.05) is 5.75 Å². The van der Waals surface area contributed by atoms with E-state index in [1.807, 2.05) is 0 Å². The molecule has 0 saturated heterocycles. The van der Waals surface area contributed by atoms with Crippen LogP contribution in [0.5, 0.6) is 0 Å². The predicted molar refractivity (Wildman–Crippen MR) is 52.8 cm³/mol. The normalized spacial score (nSPS) is 32.8. The maximum absolute atomic E-state index is 12.4. The third-order valence-electron chi connectivity index (χ3n) is 2.59. The lowest BCUT2D eigenvalue weighted by atomic mass is 9.82. The predicted octanol–water partition coefficient (Wildman–Crippen LogP) is 2.35. The lowest BCUT2D eigenvalue weighted by Crippen LogP contribution is -2.43. The molecule has 1 heterocycles. The van der Waals surface area contributed by atoms with Crippen molar-refractivity contribution in [3.63, 3.8) is 0 Å². The lowest BCUT2D eigenvalue weighted by Gasteiger charge is -2.27. The largest absolute Gasteiger partial charge is 0.439 e. The first-order chi connectivity index (χ1) is 6.82. The number of hydrogen-bond donors (Lipinski definition) is 1. The van der Waals surface area contributed by atoms with Crippen LogP contribution in [0.25, 0.3) is 0 Å². The second-order valence-corrected chi connectivity index (χ2v) is 4.90. The number of halogens is 3. The maximum atomic E-state index is 12.4. The summed E-state index contributed by atoms with van der Waals surface area (Å²) >= 11 is 1.00. The fourth-order valence-corrected chi connectivity index (χ4v) is 2.78. The third kappa shape index (κ3) is 1.80. The van der Waals surface area contributed by atoms with E-state index < -0.39 is 17.7 Å². The van der Waals surface area contributed by atoms with Crippen molar-refractivity contribution in [2.45, 2.75) is 24.7 Å². The smallest absolute Gasteiger partial charge is 0.361 e. The van der Waals surface area contributed by atoms with E-state index in [2.05, 4.69) is 11.6 Å². The van der Waals surface area contributed by atoms with Gasteiger partial charge in [0.05, 0.1) is 10.8 Å². The number of allylic oxidation sites excluding steroid dienone is 1. The Morgan fingerprint density at radius 2 is 2.07 bits per heavy atom. The summed E-state index contributed by atoms with van der Waals surface area (Å²) in [6.45, 7) is 3.72. The van der Waals surface area contributed by atoms with E-state index in [0.717, 1.165) is 17.3 Å². The topological polar surface area (TPSA) is 32.6 Å². The zero-order chi connectivity index (χ0) is 11.3. The molecule has 0 aromatic heterocycles. The highest BCUT2D eigenvalue weighted by atomic mass is 32.2. The number of hydrogen-bond acceptors (Lipinski definition) is 3. The Hall–Kier alpha value is -0.490. The summed E-state index contributed by atoms with van der Waals surface area (Å²) in [7, 11) is 0. The highest BCUT2D eigenvalue weighted by Gasteiger charge is 2.57. The Kier molecular flexibility index (Phi) is 2.38. The Morgan fingerprint density at radius 1 is 1.47 bits per heavy atom. The summed E-state index contributed by atoms with van der Waals surface area (Å²) in [4.78, 5) is 3.42. The van der Waals surface area contributed by atoms with Crippen LogP contribution in [0.1, 0.15) is 12.8 Å². The van der Waals surface area contributed by atoms with Crippen molar-refractivity contribution < 1.29 is 18.3 Å². The quantitative estimate of drug-likeness (QED) is 0.710. The molecule has 1 aliphatic carbocycles. The summed E-state index contributed by atoms with van der Waals surface area (Å²) in [6.07, 6.45) is -3.29. The van der Waals surface area contributed by atoms with Gasteiger partial charge in [-0.15, -0.1) is 11.8 Å². The van der Waals surface area contributed by atoms with Gasteiger partial charge in [0.1, 0.15) is 0 Å². The molecule has 1 saturated carbocycles. The number of aliphatic imine (C=N–C) groups is 1. The molecule has 1 unspecified atom stereocenters. The van der Waals surface area contributed by atoms with Gasteiger partial charge >= 0.3 is 6.18 Å².